The smallest absolute Gasteiger partial charge is 0.327 e. The molecule has 2 unspecified atom stereocenters. The van der Waals surface area contributed by atoms with E-state index >= 15 is 0 Å². The fraction of sp³-hybridized carbons (Fsp3) is 0.875. The van der Waals surface area contributed by atoms with Crippen molar-refractivity contribution < 1.29 is 29.0 Å². The third-order valence-electron chi connectivity index (χ3n) is 2.39. The lowest BCUT2D eigenvalue weighted by atomic mass is 10.0. The lowest BCUT2D eigenvalue weighted by Gasteiger charge is -2.27. The van der Waals surface area contributed by atoms with Crippen molar-refractivity contribution in [3.05, 3.63) is 0 Å². The number of rotatable bonds is 5. The second-order valence-corrected chi connectivity index (χ2v) is 5.53. The summed E-state index contributed by atoms with van der Waals surface area (Å²) >= 11 is 0. The van der Waals surface area contributed by atoms with Gasteiger partial charge in [0, 0.05) is 0 Å². The van der Waals surface area contributed by atoms with Crippen molar-refractivity contribution in [1.29, 1.82) is 0 Å². The molecule has 1 aliphatic rings. The lowest BCUT2D eigenvalue weighted by molar-refractivity contribution is -0.141. The largest absolute Gasteiger partial charge is 0.480 e. The molecule has 94 valence electrons. The molecule has 1 aliphatic heterocycles. The van der Waals surface area contributed by atoms with E-state index in [9.17, 15) is 9.36 Å². The van der Waals surface area contributed by atoms with Crippen LogP contribution in [-0.2, 0) is 14.1 Å². The molecule has 1 rings (SSSR count). The predicted octanol–water partition coefficient (Wildman–Crippen LogP) is -0.614. The topological polar surface area (TPSA) is 116 Å². The van der Waals surface area contributed by atoms with Gasteiger partial charge in [-0.3, -0.25) is 9.36 Å². The van der Waals surface area contributed by atoms with Gasteiger partial charge in [0.1, 0.15) is 6.04 Å². The normalized spacial score (nSPS) is 26.6. The van der Waals surface area contributed by atoms with Crippen LogP contribution in [0.5, 0.6) is 0 Å². The summed E-state index contributed by atoms with van der Waals surface area (Å²) in [7, 11) is -4.02. The standard InChI is InChI=1S/C8H16NO6P/c10-8(11)7-5-6(1-2-9-7)15-3-4-16(12,13)14/h6-7,9H,1-5H2,(H,10,11)(H2,12,13,14). The van der Waals surface area contributed by atoms with E-state index in [0.717, 1.165) is 0 Å². The highest BCUT2D eigenvalue weighted by Gasteiger charge is 2.27. The summed E-state index contributed by atoms with van der Waals surface area (Å²) in [5.74, 6) is -0.928. The zero-order chi connectivity index (χ0) is 12.2. The van der Waals surface area contributed by atoms with Crippen molar-refractivity contribution in [1.82, 2.24) is 5.32 Å². The molecule has 0 aromatic heterocycles. The molecule has 2 atom stereocenters. The SMILES string of the molecule is O=C(O)C1CC(OCCP(=O)(O)O)CCN1. The van der Waals surface area contributed by atoms with Crippen molar-refractivity contribution in [2.75, 3.05) is 19.3 Å². The molecule has 16 heavy (non-hydrogen) atoms. The second kappa shape index (κ2) is 5.75. The monoisotopic (exact) mass is 253 g/mol. The first-order valence-electron chi connectivity index (χ1n) is 5.01. The number of carboxylic acid groups (broad SMARTS) is 1. The summed E-state index contributed by atoms with van der Waals surface area (Å²) in [5.41, 5.74) is 0. The molecule has 4 N–H and O–H groups in total. The van der Waals surface area contributed by atoms with Gasteiger partial charge in [-0.2, -0.15) is 0 Å². The fourth-order valence-electron chi connectivity index (χ4n) is 1.56. The Morgan fingerprint density at radius 3 is 2.75 bits per heavy atom. The van der Waals surface area contributed by atoms with Gasteiger partial charge in [0.2, 0.25) is 0 Å². The quantitative estimate of drug-likeness (QED) is 0.483. The molecule has 0 bridgehead atoms. The minimum Gasteiger partial charge on any atom is -0.480 e. The molecule has 8 heteroatoms. The molecule has 0 radical (unpaired) electrons. The number of carboxylic acids is 1. The van der Waals surface area contributed by atoms with Gasteiger partial charge in [-0.15, -0.1) is 0 Å². The molecule has 0 spiro atoms. The number of hydrogen-bond acceptors (Lipinski definition) is 4. The molecule has 0 aromatic carbocycles. The molecule has 0 aromatic rings. The maximum atomic E-state index is 10.7. The number of hydrogen-bond donors (Lipinski definition) is 4. The van der Waals surface area contributed by atoms with Crippen LogP contribution in [0.1, 0.15) is 12.8 Å². The van der Waals surface area contributed by atoms with Gasteiger partial charge in [0.25, 0.3) is 0 Å². The second-order valence-electron chi connectivity index (χ2n) is 3.75. The molecular weight excluding hydrogens is 237 g/mol. The zero-order valence-corrected chi connectivity index (χ0v) is 9.60. The minimum atomic E-state index is -4.02. The van der Waals surface area contributed by atoms with Crippen LogP contribution in [0.3, 0.4) is 0 Å². The maximum Gasteiger partial charge on any atom is 0.327 e. The third kappa shape index (κ3) is 5.05. The number of ether oxygens (including phenoxy) is 1. The highest BCUT2D eigenvalue weighted by Crippen LogP contribution is 2.33. The van der Waals surface area contributed by atoms with Crippen molar-refractivity contribution in [2.45, 2.75) is 25.0 Å². The van der Waals surface area contributed by atoms with Crippen LogP contribution in [0.4, 0.5) is 0 Å². The van der Waals surface area contributed by atoms with Crippen LogP contribution in [0.15, 0.2) is 0 Å². The Labute approximate surface area is 93.0 Å². The molecule has 7 nitrogen and oxygen atoms in total. The summed E-state index contributed by atoms with van der Waals surface area (Å²) in [5, 5.41) is 11.6. The van der Waals surface area contributed by atoms with E-state index < -0.39 is 19.6 Å². The van der Waals surface area contributed by atoms with Crippen LogP contribution < -0.4 is 5.32 Å². The fourth-order valence-corrected chi connectivity index (χ4v) is 1.90. The third-order valence-corrected chi connectivity index (χ3v) is 3.16. The van der Waals surface area contributed by atoms with E-state index in [-0.39, 0.29) is 18.9 Å². The summed E-state index contributed by atoms with van der Waals surface area (Å²) in [6.07, 6.45) is 0.421. The summed E-state index contributed by atoms with van der Waals surface area (Å²) < 4.78 is 15.8. The lowest BCUT2D eigenvalue weighted by Crippen LogP contribution is -2.46. The Kier molecular flexibility index (Phi) is 4.89. The molecular formula is C8H16NO6P. The van der Waals surface area contributed by atoms with Gasteiger partial charge < -0.3 is 24.9 Å². The van der Waals surface area contributed by atoms with Crippen LogP contribution in [0, 0.1) is 0 Å². The Morgan fingerprint density at radius 1 is 1.50 bits per heavy atom. The van der Waals surface area contributed by atoms with Crippen molar-refractivity contribution in [3.63, 3.8) is 0 Å². The molecule has 0 aliphatic carbocycles. The number of carbonyl (C=O) groups is 1. The van der Waals surface area contributed by atoms with E-state index in [1.807, 2.05) is 0 Å². The van der Waals surface area contributed by atoms with Gasteiger partial charge in [-0.05, 0) is 19.4 Å². The predicted molar refractivity (Wildman–Crippen MR) is 55.3 cm³/mol. The highest BCUT2D eigenvalue weighted by atomic mass is 31.2. The molecule has 0 saturated carbocycles. The van der Waals surface area contributed by atoms with E-state index in [0.29, 0.717) is 19.4 Å². The zero-order valence-electron chi connectivity index (χ0n) is 8.70. The van der Waals surface area contributed by atoms with Crippen molar-refractivity contribution in [2.24, 2.45) is 0 Å². The maximum absolute atomic E-state index is 10.7. The van der Waals surface area contributed by atoms with E-state index in [4.69, 9.17) is 19.6 Å². The highest BCUT2D eigenvalue weighted by molar-refractivity contribution is 7.51. The van der Waals surface area contributed by atoms with Crippen LogP contribution in [0.2, 0.25) is 0 Å². The van der Waals surface area contributed by atoms with Gasteiger partial charge in [0.15, 0.2) is 0 Å². The summed E-state index contributed by atoms with van der Waals surface area (Å²) in [4.78, 5) is 27.9. The first kappa shape index (κ1) is 13.6. The Morgan fingerprint density at radius 2 is 2.19 bits per heavy atom. The number of piperidine rings is 1. The molecule has 1 heterocycles. The summed E-state index contributed by atoms with van der Waals surface area (Å²) in [6.45, 7) is 0.499. The van der Waals surface area contributed by atoms with E-state index in [2.05, 4.69) is 5.32 Å². The average Bonchev–Trinajstić information content (AvgIpc) is 2.16. The first-order chi connectivity index (χ1) is 7.38. The Balaban J connectivity index is 2.27. The van der Waals surface area contributed by atoms with Crippen molar-refractivity contribution >= 4 is 13.6 Å². The van der Waals surface area contributed by atoms with Gasteiger partial charge in [0.05, 0.1) is 18.9 Å². The van der Waals surface area contributed by atoms with Crippen molar-refractivity contribution in [3.8, 4) is 0 Å². The average molecular weight is 253 g/mol. The van der Waals surface area contributed by atoms with E-state index in [1.54, 1.807) is 0 Å². The van der Waals surface area contributed by atoms with Gasteiger partial charge in [-0.25, -0.2) is 0 Å². The van der Waals surface area contributed by atoms with Gasteiger partial charge in [-0.1, -0.05) is 0 Å². The number of nitrogens with one attached hydrogen (secondary N) is 1. The molecule has 0 amide bonds. The molecule has 1 saturated heterocycles. The van der Waals surface area contributed by atoms with E-state index in [1.165, 1.54) is 0 Å². The van der Waals surface area contributed by atoms with Crippen LogP contribution in [0.25, 0.3) is 0 Å². The van der Waals surface area contributed by atoms with Crippen LogP contribution >= 0.6 is 7.60 Å². The van der Waals surface area contributed by atoms with Crippen LogP contribution in [-0.4, -0.2) is 52.3 Å². The Hall–Kier alpha value is -0.460. The summed E-state index contributed by atoms with van der Waals surface area (Å²) in [6, 6.07) is -0.631. The molecule has 1 fully saturated rings. The van der Waals surface area contributed by atoms with Gasteiger partial charge >= 0.3 is 13.6 Å². The first-order valence-corrected chi connectivity index (χ1v) is 6.80. The number of aliphatic carboxylic acids is 1. The Bertz CT molecular complexity index is 290. The minimum absolute atomic E-state index is 0.0404.